The molecule has 0 bridgehead atoms. The van der Waals surface area contributed by atoms with Gasteiger partial charge in [-0.2, -0.15) is 5.26 Å². The molecule has 0 saturated heterocycles. The van der Waals surface area contributed by atoms with Gasteiger partial charge in [0.2, 0.25) is 0 Å². The summed E-state index contributed by atoms with van der Waals surface area (Å²) >= 11 is 0. The van der Waals surface area contributed by atoms with Crippen molar-refractivity contribution in [2.24, 2.45) is 0 Å². The van der Waals surface area contributed by atoms with Gasteiger partial charge in [-0.1, -0.05) is 18.2 Å². The number of benzene rings is 1. The maximum Gasteiger partial charge on any atom is 0.338 e. The monoisotopic (exact) mass is 294 g/mol. The summed E-state index contributed by atoms with van der Waals surface area (Å²) in [4.78, 5) is 27.9. The topological polar surface area (TPSA) is 100 Å². The molecule has 108 valence electrons. The molecule has 1 aromatic carbocycles. The number of rotatable bonds is 3. The van der Waals surface area contributed by atoms with Gasteiger partial charge in [-0.3, -0.25) is 9.89 Å². The van der Waals surface area contributed by atoms with Crippen LogP contribution in [0.4, 0.5) is 0 Å². The van der Waals surface area contributed by atoms with Gasteiger partial charge < -0.3 is 4.74 Å². The summed E-state index contributed by atoms with van der Waals surface area (Å²) in [6, 6.07) is 11.7. The molecule has 0 aliphatic rings. The van der Waals surface area contributed by atoms with Gasteiger partial charge >= 0.3 is 5.97 Å². The van der Waals surface area contributed by atoms with Crippen molar-refractivity contribution >= 4 is 11.6 Å². The Kier molecular flexibility index (Phi) is 3.42. The molecular formula is C15H10N4O3. The number of nitrogens with zero attached hydrogens (tertiary/aromatic N) is 3. The summed E-state index contributed by atoms with van der Waals surface area (Å²) in [5, 5.41) is 11.6. The lowest BCUT2D eigenvalue weighted by molar-refractivity contribution is 0.0467. The average molecular weight is 294 g/mol. The minimum Gasteiger partial charge on any atom is -0.456 e. The van der Waals surface area contributed by atoms with Crippen molar-refractivity contribution in [1.29, 1.82) is 5.26 Å². The quantitative estimate of drug-likeness (QED) is 0.733. The molecule has 0 radical (unpaired) electrons. The van der Waals surface area contributed by atoms with E-state index in [0.717, 1.165) is 4.52 Å². The molecule has 3 rings (SSSR count). The van der Waals surface area contributed by atoms with Crippen molar-refractivity contribution in [3.63, 3.8) is 0 Å². The van der Waals surface area contributed by atoms with Crippen LogP contribution in [0.15, 0.2) is 47.4 Å². The summed E-state index contributed by atoms with van der Waals surface area (Å²) in [5.74, 6) is -0.503. The van der Waals surface area contributed by atoms with Crippen LogP contribution >= 0.6 is 0 Å². The number of H-pyrrole nitrogens is 1. The molecule has 0 atom stereocenters. The van der Waals surface area contributed by atoms with E-state index in [1.807, 2.05) is 6.07 Å². The molecule has 0 unspecified atom stereocenters. The normalized spacial score (nSPS) is 10.3. The van der Waals surface area contributed by atoms with Gasteiger partial charge in [-0.05, 0) is 12.1 Å². The molecule has 1 N–H and O–H groups in total. The highest BCUT2D eigenvalue weighted by Gasteiger charge is 2.11. The number of nitriles is 1. The van der Waals surface area contributed by atoms with Gasteiger partial charge in [0.1, 0.15) is 18.2 Å². The summed E-state index contributed by atoms with van der Waals surface area (Å²) < 4.78 is 6.28. The van der Waals surface area contributed by atoms with E-state index in [0.29, 0.717) is 5.56 Å². The number of ether oxygens (including phenoxy) is 1. The molecule has 0 amide bonds. The molecule has 7 nitrogen and oxygen atoms in total. The number of fused-ring (bicyclic) bond motifs is 1. The summed E-state index contributed by atoms with van der Waals surface area (Å²) in [6.45, 7) is -0.143. The number of esters is 1. The van der Waals surface area contributed by atoms with Crippen molar-refractivity contribution in [3.8, 4) is 6.07 Å². The average Bonchev–Trinajstić information content (AvgIpc) is 2.97. The molecule has 7 heteroatoms. The molecule has 22 heavy (non-hydrogen) atoms. The van der Waals surface area contributed by atoms with Crippen LogP contribution in [0.5, 0.6) is 0 Å². The highest BCUT2D eigenvalue weighted by atomic mass is 16.5. The van der Waals surface area contributed by atoms with Crippen LogP contribution in [0, 0.1) is 11.3 Å². The van der Waals surface area contributed by atoms with E-state index in [4.69, 9.17) is 10.00 Å². The van der Waals surface area contributed by atoms with Crippen molar-refractivity contribution in [2.45, 2.75) is 6.61 Å². The van der Waals surface area contributed by atoms with Crippen LogP contribution in [0.1, 0.15) is 21.6 Å². The number of carbonyl (C=O) groups excluding carboxylic acids is 1. The minimum atomic E-state index is -0.503. The number of aromatic nitrogens is 3. The lowest BCUT2D eigenvalue weighted by Gasteiger charge is -2.04. The molecular weight excluding hydrogens is 284 g/mol. The molecule has 2 aromatic heterocycles. The van der Waals surface area contributed by atoms with Gasteiger partial charge in [0.25, 0.3) is 5.56 Å². The Morgan fingerprint density at radius 2 is 2.14 bits per heavy atom. The maximum atomic E-state index is 11.9. The molecule has 0 spiro atoms. The zero-order valence-electron chi connectivity index (χ0n) is 11.3. The Hall–Kier alpha value is -3.40. The van der Waals surface area contributed by atoms with E-state index in [9.17, 15) is 9.59 Å². The second kappa shape index (κ2) is 5.54. The third-order valence-electron chi connectivity index (χ3n) is 3.03. The number of aromatic amines is 1. The van der Waals surface area contributed by atoms with E-state index in [-0.39, 0.29) is 29.1 Å². The Bertz CT molecular complexity index is 935. The third-order valence-corrected chi connectivity index (χ3v) is 3.03. The smallest absolute Gasteiger partial charge is 0.338 e. The number of hydrogen-bond donors (Lipinski definition) is 1. The first-order valence-corrected chi connectivity index (χ1v) is 6.41. The lowest BCUT2D eigenvalue weighted by atomic mass is 10.2. The zero-order valence-corrected chi connectivity index (χ0v) is 11.3. The predicted octanol–water partition coefficient (Wildman–Crippen LogP) is 1.25. The number of nitrogens with one attached hydrogen (secondary N) is 1. The van der Waals surface area contributed by atoms with Gasteiger partial charge in [0.05, 0.1) is 11.3 Å². The molecule has 0 aliphatic carbocycles. The van der Waals surface area contributed by atoms with Crippen molar-refractivity contribution in [3.05, 3.63) is 69.8 Å². The van der Waals surface area contributed by atoms with E-state index in [1.165, 1.54) is 12.3 Å². The zero-order chi connectivity index (χ0) is 15.5. The second-order valence-corrected chi connectivity index (χ2v) is 4.49. The van der Waals surface area contributed by atoms with E-state index < -0.39 is 5.97 Å². The molecule has 0 aliphatic heterocycles. The minimum absolute atomic E-state index is 0.143. The Labute approximate surface area is 124 Å². The fraction of sp³-hybridized carbons (Fsp3) is 0.0667. The third kappa shape index (κ3) is 2.45. The van der Waals surface area contributed by atoms with Crippen LogP contribution in [-0.2, 0) is 11.3 Å². The highest BCUT2D eigenvalue weighted by molar-refractivity contribution is 5.89. The number of carbonyl (C=O) groups is 1. The largest absolute Gasteiger partial charge is 0.456 e. The molecule has 0 saturated carbocycles. The summed E-state index contributed by atoms with van der Waals surface area (Å²) in [6.07, 6.45) is 1.39. The highest BCUT2D eigenvalue weighted by Crippen LogP contribution is 2.07. The van der Waals surface area contributed by atoms with Gasteiger partial charge in [-0.25, -0.2) is 14.3 Å². The SMILES string of the molecule is N#Cc1c[nH]n2c(=O)cc(COC(=O)c3ccccc3)nc12. The van der Waals surface area contributed by atoms with Crippen molar-refractivity contribution in [2.75, 3.05) is 0 Å². The van der Waals surface area contributed by atoms with Gasteiger partial charge in [-0.15, -0.1) is 0 Å². The first kappa shape index (κ1) is 13.6. The van der Waals surface area contributed by atoms with Gasteiger partial charge in [0.15, 0.2) is 5.65 Å². The van der Waals surface area contributed by atoms with Crippen LogP contribution < -0.4 is 5.56 Å². The second-order valence-electron chi connectivity index (χ2n) is 4.49. The van der Waals surface area contributed by atoms with Crippen LogP contribution in [0.3, 0.4) is 0 Å². The molecule has 3 aromatic rings. The first-order valence-electron chi connectivity index (χ1n) is 6.41. The molecule has 0 fully saturated rings. The molecule has 2 heterocycles. The maximum absolute atomic E-state index is 11.9. The fourth-order valence-electron chi connectivity index (χ4n) is 1.98. The van der Waals surface area contributed by atoms with Crippen LogP contribution in [-0.4, -0.2) is 20.6 Å². The summed E-state index contributed by atoms with van der Waals surface area (Å²) in [5.41, 5.74) is 0.774. The Morgan fingerprint density at radius 3 is 2.86 bits per heavy atom. The van der Waals surface area contributed by atoms with E-state index in [2.05, 4.69) is 10.1 Å². The van der Waals surface area contributed by atoms with Crippen molar-refractivity contribution in [1.82, 2.24) is 14.6 Å². The Morgan fingerprint density at radius 1 is 1.36 bits per heavy atom. The van der Waals surface area contributed by atoms with Crippen molar-refractivity contribution < 1.29 is 9.53 Å². The fourth-order valence-corrected chi connectivity index (χ4v) is 1.98. The van der Waals surface area contributed by atoms with Gasteiger partial charge in [0, 0.05) is 12.3 Å². The van der Waals surface area contributed by atoms with E-state index in [1.54, 1.807) is 30.3 Å². The summed E-state index contributed by atoms with van der Waals surface area (Å²) in [7, 11) is 0. The van der Waals surface area contributed by atoms with E-state index >= 15 is 0 Å². The van der Waals surface area contributed by atoms with Crippen LogP contribution in [0.25, 0.3) is 5.65 Å². The standard InChI is InChI=1S/C15H10N4O3/c16-7-11-8-17-19-13(20)6-12(18-14(11)19)9-22-15(21)10-4-2-1-3-5-10/h1-6,8,17H,9H2. The Balaban J connectivity index is 1.84. The predicted molar refractivity (Wildman–Crippen MR) is 76.1 cm³/mol. The van der Waals surface area contributed by atoms with Crippen LogP contribution in [0.2, 0.25) is 0 Å². The first-order chi connectivity index (χ1) is 10.7. The number of hydrogen-bond acceptors (Lipinski definition) is 5. The lowest BCUT2D eigenvalue weighted by Crippen LogP contribution is -2.16.